The Bertz CT molecular complexity index is 727. The van der Waals surface area contributed by atoms with Gasteiger partial charge in [0.25, 0.3) is 5.91 Å². The van der Waals surface area contributed by atoms with Gasteiger partial charge in [-0.15, -0.1) is 0 Å². The lowest BCUT2D eigenvalue weighted by Crippen LogP contribution is -2.30. The number of aryl methyl sites for hydroxylation is 2. The summed E-state index contributed by atoms with van der Waals surface area (Å²) in [6.07, 6.45) is -0.625. The molecule has 1 atom stereocenters. The summed E-state index contributed by atoms with van der Waals surface area (Å²) in [5.74, 6) is 1.60. The van der Waals surface area contributed by atoms with Gasteiger partial charge in [0.2, 0.25) is 0 Å². The van der Waals surface area contributed by atoms with Crippen molar-refractivity contribution in [2.75, 3.05) is 19.5 Å². The number of ether oxygens (including phenoxy) is 3. The molecule has 1 unspecified atom stereocenters. The van der Waals surface area contributed by atoms with Gasteiger partial charge in [0.15, 0.2) is 17.6 Å². The molecule has 0 saturated carbocycles. The van der Waals surface area contributed by atoms with Gasteiger partial charge >= 0.3 is 0 Å². The standard InChI is InChI=1S/C19H23NO4/c1-12-6-8-16(10-13(12)2)24-14(3)19(21)20-15-7-9-17(22-4)18(11-15)23-5/h6-11,14H,1-5H3,(H,20,21). The highest BCUT2D eigenvalue weighted by Crippen LogP contribution is 2.29. The van der Waals surface area contributed by atoms with Crippen LogP contribution in [0, 0.1) is 13.8 Å². The number of methoxy groups -OCH3 is 2. The number of benzene rings is 2. The summed E-state index contributed by atoms with van der Waals surface area (Å²) >= 11 is 0. The first kappa shape index (κ1) is 17.7. The topological polar surface area (TPSA) is 56.8 Å². The van der Waals surface area contributed by atoms with Crippen LogP contribution >= 0.6 is 0 Å². The van der Waals surface area contributed by atoms with Crippen LogP contribution in [-0.4, -0.2) is 26.2 Å². The zero-order valence-corrected chi connectivity index (χ0v) is 14.7. The average Bonchev–Trinajstić information content (AvgIpc) is 2.57. The molecule has 0 aliphatic heterocycles. The molecular formula is C19H23NO4. The second kappa shape index (κ2) is 7.73. The zero-order valence-electron chi connectivity index (χ0n) is 14.7. The summed E-state index contributed by atoms with van der Waals surface area (Å²) in [6.45, 7) is 5.76. The van der Waals surface area contributed by atoms with E-state index in [1.807, 2.05) is 32.0 Å². The largest absolute Gasteiger partial charge is 0.493 e. The monoisotopic (exact) mass is 329 g/mol. The van der Waals surface area contributed by atoms with Crippen LogP contribution in [0.25, 0.3) is 0 Å². The van der Waals surface area contributed by atoms with Crippen molar-refractivity contribution in [3.05, 3.63) is 47.5 Å². The summed E-state index contributed by atoms with van der Waals surface area (Å²) in [7, 11) is 3.12. The fourth-order valence-corrected chi connectivity index (χ4v) is 2.20. The molecule has 0 aliphatic rings. The Kier molecular flexibility index (Phi) is 5.68. The van der Waals surface area contributed by atoms with Crippen LogP contribution < -0.4 is 19.5 Å². The Labute approximate surface area is 142 Å². The van der Waals surface area contributed by atoms with Crippen LogP contribution in [-0.2, 0) is 4.79 Å². The minimum absolute atomic E-state index is 0.236. The molecule has 128 valence electrons. The fraction of sp³-hybridized carbons (Fsp3) is 0.316. The second-order valence-electron chi connectivity index (χ2n) is 5.57. The first-order valence-electron chi connectivity index (χ1n) is 7.71. The van der Waals surface area contributed by atoms with Gasteiger partial charge in [-0.05, 0) is 56.2 Å². The van der Waals surface area contributed by atoms with E-state index in [-0.39, 0.29) is 5.91 Å². The maximum atomic E-state index is 12.3. The minimum atomic E-state index is -0.625. The van der Waals surface area contributed by atoms with Crippen LogP contribution in [0.3, 0.4) is 0 Å². The van der Waals surface area contributed by atoms with Gasteiger partial charge in [0, 0.05) is 11.8 Å². The van der Waals surface area contributed by atoms with E-state index in [9.17, 15) is 4.79 Å². The molecule has 5 nitrogen and oxygen atoms in total. The van der Waals surface area contributed by atoms with Crippen molar-refractivity contribution in [2.24, 2.45) is 0 Å². The van der Waals surface area contributed by atoms with Crippen molar-refractivity contribution in [1.82, 2.24) is 0 Å². The van der Waals surface area contributed by atoms with E-state index in [1.54, 1.807) is 39.3 Å². The Balaban J connectivity index is 2.04. The van der Waals surface area contributed by atoms with E-state index < -0.39 is 6.10 Å². The van der Waals surface area contributed by atoms with Crippen molar-refractivity contribution in [2.45, 2.75) is 26.9 Å². The van der Waals surface area contributed by atoms with Crippen LogP contribution in [0.1, 0.15) is 18.1 Å². The third-order valence-electron chi connectivity index (χ3n) is 3.81. The highest BCUT2D eigenvalue weighted by molar-refractivity contribution is 5.94. The molecule has 1 amide bonds. The van der Waals surface area contributed by atoms with E-state index in [4.69, 9.17) is 14.2 Å². The second-order valence-corrected chi connectivity index (χ2v) is 5.57. The van der Waals surface area contributed by atoms with E-state index in [0.29, 0.717) is 22.9 Å². The molecular weight excluding hydrogens is 306 g/mol. The molecule has 0 fully saturated rings. The van der Waals surface area contributed by atoms with Gasteiger partial charge in [-0.3, -0.25) is 4.79 Å². The lowest BCUT2D eigenvalue weighted by Gasteiger charge is -2.16. The molecule has 0 aromatic heterocycles. The Hall–Kier alpha value is -2.69. The van der Waals surface area contributed by atoms with E-state index in [1.165, 1.54) is 5.56 Å². The van der Waals surface area contributed by atoms with Crippen molar-refractivity contribution >= 4 is 11.6 Å². The third-order valence-corrected chi connectivity index (χ3v) is 3.81. The number of amides is 1. The van der Waals surface area contributed by atoms with Gasteiger partial charge in [0.05, 0.1) is 14.2 Å². The highest BCUT2D eigenvalue weighted by Gasteiger charge is 2.16. The molecule has 2 rings (SSSR count). The maximum absolute atomic E-state index is 12.3. The number of nitrogens with one attached hydrogen (secondary N) is 1. The summed E-state index contributed by atoms with van der Waals surface area (Å²) in [5, 5.41) is 2.81. The molecule has 24 heavy (non-hydrogen) atoms. The quantitative estimate of drug-likeness (QED) is 0.877. The van der Waals surface area contributed by atoms with E-state index in [2.05, 4.69) is 5.32 Å². The predicted molar refractivity (Wildman–Crippen MR) is 94.2 cm³/mol. The molecule has 5 heteroatoms. The van der Waals surface area contributed by atoms with Crippen molar-refractivity contribution in [3.8, 4) is 17.2 Å². The molecule has 2 aromatic rings. The normalized spacial score (nSPS) is 11.5. The molecule has 0 aliphatic carbocycles. The predicted octanol–water partition coefficient (Wildman–Crippen LogP) is 3.73. The van der Waals surface area contributed by atoms with Crippen molar-refractivity contribution < 1.29 is 19.0 Å². The minimum Gasteiger partial charge on any atom is -0.493 e. The number of carbonyl (C=O) groups excluding carboxylic acids is 1. The van der Waals surface area contributed by atoms with Gasteiger partial charge in [0.1, 0.15) is 5.75 Å². The Morgan fingerprint density at radius 2 is 1.67 bits per heavy atom. The third kappa shape index (κ3) is 4.19. The number of hydrogen-bond donors (Lipinski definition) is 1. The van der Waals surface area contributed by atoms with Crippen molar-refractivity contribution in [1.29, 1.82) is 0 Å². The number of hydrogen-bond acceptors (Lipinski definition) is 4. The lowest BCUT2D eigenvalue weighted by molar-refractivity contribution is -0.122. The highest BCUT2D eigenvalue weighted by atomic mass is 16.5. The number of anilines is 1. The Morgan fingerprint density at radius 3 is 2.29 bits per heavy atom. The van der Waals surface area contributed by atoms with E-state index in [0.717, 1.165) is 5.56 Å². The maximum Gasteiger partial charge on any atom is 0.265 e. The summed E-state index contributed by atoms with van der Waals surface area (Å²) in [5.41, 5.74) is 2.93. The van der Waals surface area contributed by atoms with Crippen molar-refractivity contribution in [3.63, 3.8) is 0 Å². The first-order chi connectivity index (χ1) is 11.4. The number of carbonyl (C=O) groups is 1. The molecule has 0 radical (unpaired) electrons. The smallest absolute Gasteiger partial charge is 0.265 e. The molecule has 0 spiro atoms. The average molecular weight is 329 g/mol. The van der Waals surface area contributed by atoms with Crippen LogP contribution in [0.15, 0.2) is 36.4 Å². The van der Waals surface area contributed by atoms with Gasteiger partial charge in [-0.2, -0.15) is 0 Å². The van der Waals surface area contributed by atoms with E-state index >= 15 is 0 Å². The molecule has 0 heterocycles. The molecule has 0 saturated heterocycles. The summed E-state index contributed by atoms with van der Waals surface area (Å²) in [6, 6.07) is 11.0. The summed E-state index contributed by atoms with van der Waals surface area (Å²) in [4.78, 5) is 12.3. The molecule has 0 bridgehead atoms. The lowest BCUT2D eigenvalue weighted by atomic mass is 10.1. The SMILES string of the molecule is COc1ccc(NC(=O)C(C)Oc2ccc(C)c(C)c2)cc1OC. The van der Waals surface area contributed by atoms with Crippen LogP contribution in [0.2, 0.25) is 0 Å². The van der Waals surface area contributed by atoms with Gasteiger partial charge in [-0.25, -0.2) is 0 Å². The van der Waals surface area contributed by atoms with Gasteiger partial charge in [-0.1, -0.05) is 6.07 Å². The molecule has 1 N–H and O–H groups in total. The zero-order chi connectivity index (χ0) is 17.7. The summed E-state index contributed by atoms with van der Waals surface area (Å²) < 4.78 is 16.1. The first-order valence-corrected chi connectivity index (χ1v) is 7.71. The van der Waals surface area contributed by atoms with Crippen LogP contribution in [0.4, 0.5) is 5.69 Å². The van der Waals surface area contributed by atoms with Gasteiger partial charge < -0.3 is 19.5 Å². The Morgan fingerprint density at radius 1 is 0.958 bits per heavy atom. The molecule has 2 aromatic carbocycles. The fourth-order valence-electron chi connectivity index (χ4n) is 2.20. The van der Waals surface area contributed by atoms with Crippen LogP contribution in [0.5, 0.6) is 17.2 Å². The number of rotatable bonds is 6.